The molecule has 0 unspecified atom stereocenters. The van der Waals surface area contributed by atoms with Gasteiger partial charge in [-0.25, -0.2) is 13.1 Å². The van der Waals surface area contributed by atoms with Gasteiger partial charge < -0.3 is 4.74 Å². The third-order valence-electron chi connectivity index (χ3n) is 1.55. The van der Waals surface area contributed by atoms with Gasteiger partial charge in [-0.05, 0) is 6.92 Å². The van der Waals surface area contributed by atoms with Crippen molar-refractivity contribution >= 4 is 19.7 Å². The van der Waals surface area contributed by atoms with Crippen molar-refractivity contribution in [1.82, 2.24) is 9.78 Å². The fraction of sp³-hybridized carbons (Fsp3) is 0.500. The quantitative estimate of drug-likeness (QED) is 0.693. The van der Waals surface area contributed by atoms with Crippen molar-refractivity contribution in [3.63, 3.8) is 0 Å². The summed E-state index contributed by atoms with van der Waals surface area (Å²) < 4.78 is 28.3. The molecule has 0 fully saturated rings. The second kappa shape index (κ2) is 3.19. The van der Waals surface area contributed by atoms with E-state index in [2.05, 4.69) is 5.10 Å². The predicted octanol–water partition coefficient (Wildman–Crippen LogP) is 0.665. The van der Waals surface area contributed by atoms with Crippen LogP contribution in [0.2, 0.25) is 0 Å². The van der Waals surface area contributed by atoms with Crippen LogP contribution in [0.4, 0.5) is 0 Å². The third-order valence-corrected chi connectivity index (χ3v) is 2.97. The molecule has 0 saturated carbocycles. The van der Waals surface area contributed by atoms with E-state index in [0.717, 1.165) is 0 Å². The van der Waals surface area contributed by atoms with Crippen LogP contribution in [-0.4, -0.2) is 25.3 Å². The highest BCUT2D eigenvalue weighted by atomic mass is 35.7. The van der Waals surface area contributed by atoms with Crippen molar-refractivity contribution in [1.29, 1.82) is 0 Å². The highest BCUT2D eigenvalue weighted by Crippen LogP contribution is 2.28. The molecule has 0 aliphatic heterocycles. The van der Waals surface area contributed by atoms with Gasteiger partial charge in [-0.1, -0.05) is 0 Å². The topological polar surface area (TPSA) is 61.2 Å². The van der Waals surface area contributed by atoms with Crippen LogP contribution < -0.4 is 4.74 Å². The first-order chi connectivity index (χ1) is 5.88. The number of halogens is 1. The lowest BCUT2D eigenvalue weighted by Gasteiger charge is -2.00. The van der Waals surface area contributed by atoms with Crippen LogP contribution in [0.1, 0.15) is 5.69 Å². The van der Waals surface area contributed by atoms with Crippen LogP contribution in [0, 0.1) is 6.92 Å². The zero-order valence-electron chi connectivity index (χ0n) is 7.41. The van der Waals surface area contributed by atoms with Gasteiger partial charge in [-0.2, -0.15) is 5.10 Å². The smallest absolute Gasteiger partial charge is 0.268 e. The van der Waals surface area contributed by atoms with E-state index in [1.54, 1.807) is 14.0 Å². The van der Waals surface area contributed by atoms with Crippen LogP contribution in [0.3, 0.4) is 0 Å². The van der Waals surface area contributed by atoms with Crippen LogP contribution in [0.5, 0.6) is 5.88 Å². The molecular formula is C6H9ClN2O3S. The number of methoxy groups -OCH3 is 1. The minimum atomic E-state index is -3.79. The Bertz CT molecular complexity index is 423. The summed E-state index contributed by atoms with van der Waals surface area (Å²) in [5, 5.41) is 3.88. The number of ether oxygens (including phenoxy) is 1. The maximum absolute atomic E-state index is 11.1. The van der Waals surface area contributed by atoms with E-state index in [0.29, 0.717) is 5.69 Å². The number of nitrogens with zero attached hydrogens (tertiary/aromatic N) is 2. The summed E-state index contributed by atoms with van der Waals surface area (Å²) in [4.78, 5) is -0.0702. The Labute approximate surface area is 80.7 Å². The monoisotopic (exact) mass is 224 g/mol. The van der Waals surface area contributed by atoms with Crippen molar-refractivity contribution in [2.24, 2.45) is 7.05 Å². The minimum Gasteiger partial charge on any atom is -0.480 e. The summed E-state index contributed by atoms with van der Waals surface area (Å²) in [7, 11) is 4.35. The SMILES string of the molecule is COc1c(S(=O)(=O)Cl)c(C)nn1C. The zero-order chi connectivity index (χ0) is 10.2. The average molecular weight is 225 g/mol. The Kier molecular flexibility index (Phi) is 2.53. The maximum atomic E-state index is 11.1. The molecule has 0 bridgehead atoms. The molecule has 1 heterocycles. The molecule has 0 aliphatic rings. The fourth-order valence-electron chi connectivity index (χ4n) is 1.12. The molecule has 0 N–H and O–H groups in total. The number of hydrogen-bond donors (Lipinski definition) is 0. The molecule has 1 aromatic rings. The van der Waals surface area contributed by atoms with Gasteiger partial charge in [0.25, 0.3) is 9.05 Å². The predicted molar refractivity (Wildman–Crippen MR) is 47.5 cm³/mol. The first-order valence-electron chi connectivity index (χ1n) is 3.40. The Morgan fingerprint density at radius 2 is 2.08 bits per heavy atom. The molecule has 1 aromatic heterocycles. The molecule has 0 aromatic carbocycles. The standard InChI is InChI=1S/C6H9ClN2O3S/c1-4-5(13(7,10)11)6(12-3)9(2)8-4/h1-3H3. The van der Waals surface area contributed by atoms with Gasteiger partial charge in [-0.15, -0.1) is 0 Å². The highest BCUT2D eigenvalue weighted by Gasteiger charge is 2.24. The molecule has 0 radical (unpaired) electrons. The van der Waals surface area contributed by atoms with Crippen molar-refractivity contribution in [3.8, 4) is 5.88 Å². The van der Waals surface area contributed by atoms with E-state index in [1.807, 2.05) is 0 Å². The minimum absolute atomic E-state index is 0.0702. The number of aromatic nitrogens is 2. The van der Waals surface area contributed by atoms with E-state index in [-0.39, 0.29) is 10.8 Å². The third kappa shape index (κ3) is 1.78. The van der Waals surface area contributed by atoms with Crippen LogP contribution >= 0.6 is 10.7 Å². The second-order valence-corrected chi connectivity index (χ2v) is 4.99. The highest BCUT2D eigenvalue weighted by molar-refractivity contribution is 8.13. The molecule has 74 valence electrons. The van der Waals surface area contributed by atoms with Gasteiger partial charge in [0, 0.05) is 17.7 Å². The zero-order valence-corrected chi connectivity index (χ0v) is 8.98. The molecule has 7 heteroatoms. The van der Waals surface area contributed by atoms with Crippen LogP contribution in [-0.2, 0) is 16.1 Å². The summed E-state index contributed by atoms with van der Waals surface area (Å²) in [5.41, 5.74) is 0.328. The van der Waals surface area contributed by atoms with E-state index < -0.39 is 9.05 Å². The average Bonchev–Trinajstić information content (AvgIpc) is 2.23. The van der Waals surface area contributed by atoms with Gasteiger partial charge in [0.05, 0.1) is 12.8 Å². The summed E-state index contributed by atoms with van der Waals surface area (Å²) in [6.45, 7) is 1.55. The summed E-state index contributed by atoms with van der Waals surface area (Å²) in [5.74, 6) is 0.146. The van der Waals surface area contributed by atoms with Crippen LogP contribution in [0.25, 0.3) is 0 Å². The lowest BCUT2D eigenvalue weighted by Crippen LogP contribution is -1.98. The number of aryl methyl sites for hydroxylation is 2. The van der Waals surface area contributed by atoms with Gasteiger partial charge in [0.2, 0.25) is 5.88 Å². The molecule has 1 rings (SSSR count). The first kappa shape index (κ1) is 10.3. The molecule has 0 amide bonds. The Balaban J connectivity index is 3.52. The Hall–Kier alpha value is -0.750. The molecule has 13 heavy (non-hydrogen) atoms. The lowest BCUT2D eigenvalue weighted by molar-refractivity contribution is 0.364. The van der Waals surface area contributed by atoms with Crippen molar-refractivity contribution in [2.75, 3.05) is 7.11 Å². The van der Waals surface area contributed by atoms with Crippen molar-refractivity contribution in [3.05, 3.63) is 5.69 Å². The molecule has 0 aliphatic carbocycles. The molecule has 0 atom stereocenters. The summed E-state index contributed by atoms with van der Waals surface area (Å²) in [6, 6.07) is 0. The second-order valence-electron chi connectivity index (χ2n) is 2.49. The van der Waals surface area contributed by atoms with Gasteiger partial charge in [-0.3, -0.25) is 0 Å². The summed E-state index contributed by atoms with van der Waals surface area (Å²) >= 11 is 0. The largest absolute Gasteiger partial charge is 0.480 e. The normalized spacial score (nSPS) is 11.7. The van der Waals surface area contributed by atoms with Crippen LogP contribution in [0.15, 0.2) is 4.90 Å². The first-order valence-corrected chi connectivity index (χ1v) is 5.71. The maximum Gasteiger partial charge on any atom is 0.268 e. The molecular weight excluding hydrogens is 216 g/mol. The van der Waals surface area contributed by atoms with E-state index in [9.17, 15) is 8.42 Å². The number of rotatable bonds is 2. The summed E-state index contributed by atoms with van der Waals surface area (Å²) in [6.07, 6.45) is 0. The molecule has 0 spiro atoms. The van der Waals surface area contributed by atoms with Gasteiger partial charge in [0.1, 0.15) is 0 Å². The van der Waals surface area contributed by atoms with E-state index in [1.165, 1.54) is 11.8 Å². The van der Waals surface area contributed by atoms with E-state index >= 15 is 0 Å². The van der Waals surface area contributed by atoms with Gasteiger partial charge >= 0.3 is 0 Å². The number of hydrogen-bond acceptors (Lipinski definition) is 4. The Morgan fingerprint density at radius 3 is 2.38 bits per heavy atom. The van der Waals surface area contributed by atoms with E-state index in [4.69, 9.17) is 15.4 Å². The molecule has 5 nitrogen and oxygen atoms in total. The van der Waals surface area contributed by atoms with Gasteiger partial charge in [0.15, 0.2) is 4.90 Å². The molecule has 0 saturated heterocycles. The van der Waals surface area contributed by atoms with Crippen molar-refractivity contribution in [2.45, 2.75) is 11.8 Å². The lowest BCUT2D eigenvalue weighted by atomic mass is 10.5. The fourth-order valence-corrected chi connectivity index (χ4v) is 2.47. The Morgan fingerprint density at radius 1 is 1.54 bits per heavy atom. The van der Waals surface area contributed by atoms with Crippen molar-refractivity contribution < 1.29 is 13.2 Å².